The van der Waals surface area contributed by atoms with Crippen molar-refractivity contribution in [3.8, 4) is 0 Å². The fourth-order valence-corrected chi connectivity index (χ4v) is 2.48. The molecule has 0 radical (unpaired) electrons. The summed E-state index contributed by atoms with van der Waals surface area (Å²) >= 11 is 0. The minimum atomic E-state index is -0.578. The molecule has 1 aromatic heterocycles. The van der Waals surface area contributed by atoms with E-state index in [0.29, 0.717) is 23.6 Å². The molecule has 1 heterocycles. The zero-order chi connectivity index (χ0) is 21.4. The predicted molar refractivity (Wildman–Crippen MR) is 111 cm³/mol. The summed E-state index contributed by atoms with van der Waals surface area (Å²) < 4.78 is 18.8. The second-order valence-electron chi connectivity index (χ2n) is 7.80. The molecular formula is C21H27FN4O3. The SMILES string of the molecule is CC(CNC(=O)OC(C)(C)C)CC(=O)Nc1ccc(F)cc1Nc1cccnc1. The quantitative estimate of drug-likeness (QED) is 0.636. The molecule has 7 nitrogen and oxygen atoms in total. The van der Waals surface area contributed by atoms with E-state index >= 15 is 0 Å². The lowest BCUT2D eigenvalue weighted by Gasteiger charge is -2.20. The zero-order valence-corrected chi connectivity index (χ0v) is 17.1. The Morgan fingerprint density at radius 3 is 2.62 bits per heavy atom. The summed E-state index contributed by atoms with van der Waals surface area (Å²) in [6.07, 6.45) is 2.89. The van der Waals surface area contributed by atoms with E-state index in [1.807, 2.05) is 6.92 Å². The van der Waals surface area contributed by atoms with Crippen LogP contribution in [-0.4, -0.2) is 29.1 Å². The van der Waals surface area contributed by atoms with Gasteiger partial charge in [-0.25, -0.2) is 9.18 Å². The lowest BCUT2D eigenvalue weighted by atomic mass is 10.1. The molecule has 8 heteroatoms. The number of rotatable bonds is 7. The van der Waals surface area contributed by atoms with Crippen molar-refractivity contribution in [1.29, 1.82) is 0 Å². The van der Waals surface area contributed by atoms with Crippen molar-refractivity contribution < 1.29 is 18.7 Å². The number of hydrogen-bond donors (Lipinski definition) is 3. The standard InChI is InChI=1S/C21H27FN4O3/c1-14(12-24-20(28)29-21(2,3)4)10-19(27)26-17-8-7-15(22)11-18(17)25-16-6-5-9-23-13-16/h5-9,11,13-14,25H,10,12H2,1-4H3,(H,24,28)(H,26,27). The second-order valence-corrected chi connectivity index (χ2v) is 7.80. The molecule has 0 saturated heterocycles. The molecule has 2 amide bonds. The smallest absolute Gasteiger partial charge is 0.407 e. The van der Waals surface area contributed by atoms with E-state index in [4.69, 9.17) is 4.74 Å². The third-order valence-electron chi connectivity index (χ3n) is 3.72. The van der Waals surface area contributed by atoms with Gasteiger partial charge < -0.3 is 20.7 Å². The Morgan fingerprint density at radius 1 is 1.21 bits per heavy atom. The number of halogens is 1. The summed E-state index contributed by atoms with van der Waals surface area (Å²) in [5, 5.41) is 8.48. The molecule has 0 aliphatic rings. The number of carbonyl (C=O) groups excluding carboxylic acids is 2. The van der Waals surface area contributed by atoms with Crippen LogP contribution in [0.15, 0.2) is 42.7 Å². The molecule has 0 fully saturated rings. The molecule has 0 bridgehead atoms. The van der Waals surface area contributed by atoms with Crippen LogP contribution in [0.2, 0.25) is 0 Å². The van der Waals surface area contributed by atoms with Crippen molar-refractivity contribution in [2.75, 3.05) is 17.2 Å². The van der Waals surface area contributed by atoms with Crippen molar-refractivity contribution in [3.63, 3.8) is 0 Å². The van der Waals surface area contributed by atoms with E-state index in [9.17, 15) is 14.0 Å². The van der Waals surface area contributed by atoms with Crippen LogP contribution in [0.3, 0.4) is 0 Å². The van der Waals surface area contributed by atoms with Crippen LogP contribution < -0.4 is 16.0 Å². The van der Waals surface area contributed by atoms with Gasteiger partial charge in [-0.1, -0.05) is 6.92 Å². The predicted octanol–water partition coefficient (Wildman–Crippen LogP) is 4.45. The van der Waals surface area contributed by atoms with Crippen LogP contribution in [0.25, 0.3) is 0 Å². The number of nitrogens with zero attached hydrogens (tertiary/aromatic N) is 1. The summed E-state index contributed by atoms with van der Waals surface area (Å²) in [5.41, 5.74) is 0.965. The highest BCUT2D eigenvalue weighted by molar-refractivity contribution is 5.95. The first-order chi connectivity index (χ1) is 13.6. The molecule has 0 aliphatic heterocycles. The highest BCUT2D eigenvalue weighted by atomic mass is 19.1. The maximum absolute atomic E-state index is 13.7. The summed E-state index contributed by atoms with van der Waals surface area (Å²) in [6.45, 7) is 7.48. The third-order valence-corrected chi connectivity index (χ3v) is 3.72. The van der Waals surface area contributed by atoms with E-state index in [2.05, 4.69) is 20.9 Å². The summed E-state index contributed by atoms with van der Waals surface area (Å²) in [5.74, 6) is -0.786. The Morgan fingerprint density at radius 2 is 1.97 bits per heavy atom. The van der Waals surface area contributed by atoms with Gasteiger partial charge in [0.05, 0.1) is 23.3 Å². The molecular weight excluding hydrogens is 375 g/mol. The van der Waals surface area contributed by atoms with Crippen LogP contribution in [0.4, 0.5) is 26.2 Å². The molecule has 2 aromatic rings. The largest absolute Gasteiger partial charge is 0.444 e. The average molecular weight is 402 g/mol. The Labute approximate surface area is 170 Å². The molecule has 156 valence electrons. The van der Waals surface area contributed by atoms with Crippen LogP contribution in [0.5, 0.6) is 0 Å². The molecule has 29 heavy (non-hydrogen) atoms. The van der Waals surface area contributed by atoms with Crippen LogP contribution in [0.1, 0.15) is 34.1 Å². The normalized spacial score (nSPS) is 12.0. The Bertz CT molecular complexity index is 838. The summed E-state index contributed by atoms with van der Waals surface area (Å²) in [7, 11) is 0. The third kappa shape index (κ3) is 8.16. The molecule has 2 rings (SSSR count). The van der Waals surface area contributed by atoms with Gasteiger partial charge in [0.1, 0.15) is 11.4 Å². The van der Waals surface area contributed by atoms with Crippen LogP contribution in [-0.2, 0) is 9.53 Å². The molecule has 1 atom stereocenters. The number of pyridine rings is 1. The lowest BCUT2D eigenvalue weighted by Crippen LogP contribution is -2.35. The summed E-state index contributed by atoms with van der Waals surface area (Å²) in [6, 6.07) is 7.61. The van der Waals surface area contributed by atoms with E-state index < -0.39 is 17.5 Å². The maximum atomic E-state index is 13.7. The van der Waals surface area contributed by atoms with Gasteiger partial charge in [-0.15, -0.1) is 0 Å². The minimum absolute atomic E-state index is 0.113. The monoisotopic (exact) mass is 402 g/mol. The van der Waals surface area contributed by atoms with E-state index in [0.717, 1.165) is 0 Å². The maximum Gasteiger partial charge on any atom is 0.407 e. The van der Waals surface area contributed by atoms with E-state index in [1.165, 1.54) is 18.2 Å². The Balaban J connectivity index is 1.92. The molecule has 3 N–H and O–H groups in total. The first kappa shape index (κ1) is 22.1. The minimum Gasteiger partial charge on any atom is -0.444 e. The second kappa shape index (κ2) is 9.86. The van der Waals surface area contributed by atoms with Gasteiger partial charge in [-0.05, 0) is 57.0 Å². The number of alkyl carbamates (subject to hydrolysis) is 1. The van der Waals surface area contributed by atoms with Crippen molar-refractivity contribution in [3.05, 3.63) is 48.5 Å². The molecule has 1 aromatic carbocycles. The average Bonchev–Trinajstić information content (AvgIpc) is 2.62. The molecule has 1 unspecified atom stereocenters. The highest BCUT2D eigenvalue weighted by Crippen LogP contribution is 2.26. The van der Waals surface area contributed by atoms with Gasteiger partial charge in [0.2, 0.25) is 5.91 Å². The van der Waals surface area contributed by atoms with Gasteiger partial charge in [0.15, 0.2) is 0 Å². The van der Waals surface area contributed by atoms with Crippen molar-refractivity contribution in [2.24, 2.45) is 5.92 Å². The number of benzene rings is 1. The van der Waals surface area contributed by atoms with Gasteiger partial charge in [0.25, 0.3) is 0 Å². The number of nitrogens with one attached hydrogen (secondary N) is 3. The first-order valence-electron chi connectivity index (χ1n) is 9.35. The van der Waals surface area contributed by atoms with Crippen molar-refractivity contribution >= 4 is 29.1 Å². The number of ether oxygens (including phenoxy) is 1. The molecule has 0 spiro atoms. The van der Waals surface area contributed by atoms with Crippen molar-refractivity contribution in [2.45, 2.75) is 39.7 Å². The van der Waals surface area contributed by atoms with Crippen LogP contribution in [0, 0.1) is 11.7 Å². The molecule has 0 saturated carbocycles. The van der Waals surface area contributed by atoms with Crippen LogP contribution >= 0.6 is 0 Å². The number of anilines is 3. The topological polar surface area (TPSA) is 92.3 Å². The Kier molecular flexibility index (Phi) is 7.52. The fraction of sp³-hybridized carbons (Fsp3) is 0.381. The summed E-state index contributed by atoms with van der Waals surface area (Å²) in [4.78, 5) is 28.1. The van der Waals surface area contributed by atoms with Gasteiger partial charge >= 0.3 is 6.09 Å². The first-order valence-corrected chi connectivity index (χ1v) is 9.35. The van der Waals surface area contributed by atoms with E-state index in [1.54, 1.807) is 45.3 Å². The number of hydrogen-bond acceptors (Lipinski definition) is 5. The van der Waals surface area contributed by atoms with E-state index in [-0.39, 0.29) is 18.2 Å². The van der Waals surface area contributed by atoms with Gasteiger partial charge in [0, 0.05) is 19.2 Å². The van der Waals surface area contributed by atoms with Gasteiger partial charge in [-0.3, -0.25) is 9.78 Å². The highest BCUT2D eigenvalue weighted by Gasteiger charge is 2.17. The Hall–Kier alpha value is -3.16. The lowest BCUT2D eigenvalue weighted by molar-refractivity contribution is -0.117. The fourth-order valence-electron chi connectivity index (χ4n) is 2.48. The zero-order valence-electron chi connectivity index (χ0n) is 17.1. The number of carbonyl (C=O) groups is 2. The van der Waals surface area contributed by atoms with Gasteiger partial charge in [-0.2, -0.15) is 0 Å². The van der Waals surface area contributed by atoms with Crippen molar-refractivity contribution in [1.82, 2.24) is 10.3 Å². The number of amides is 2. The number of aromatic nitrogens is 1. The molecule has 0 aliphatic carbocycles.